The quantitative estimate of drug-likeness (QED) is 0.703. The lowest BCUT2D eigenvalue weighted by molar-refractivity contribution is 0.273. The van der Waals surface area contributed by atoms with Gasteiger partial charge in [-0.25, -0.2) is 4.98 Å². The summed E-state index contributed by atoms with van der Waals surface area (Å²) in [5, 5.41) is 9.37. The first-order valence-corrected chi connectivity index (χ1v) is 10.5. The number of fused-ring (bicyclic) bond motifs is 1. The van der Waals surface area contributed by atoms with Gasteiger partial charge in [0, 0.05) is 48.0 Å². The largest absolute Gasteiger partial charge is 0.396 e. The van der Waals surface area contributed by atoms with E-state index in [0.29, 0.717) is 6.42 Å². The molecule has 0 aliphatic heterocycles. The molecule has 1 aliphatic carbocycles. The van der Waals surface area contributed by atoms with Crippen molar-refractivity contribution in [3.8, 4) is 0 Å². The van der Waals surface area contributed by atoms with Crippen molar-refractivity contribution < 1.29 is 5.11 Å². The van der Waals surface area contributed by atoms with Crippen LogP contribution in [0.3, 0.4) is 0 Å². The number of rotatable bonds is 5. The zero-order chi connectivity index (χ0) is 20.4. The van der Waals surface area contributed by atoms with E-state index in [1.807, 2.05) is 33.9 Å². The molecule has 5 nitrogen and oxygen atoms in total. The summed E-state index contributed by atoms with van der Waals surface area (Å²) in [7, 11) is 0. The number of aliphatic hydroxyl groups excluding tert-OH is 1. The summed E-state index contributed by atoms with van der Waals surface area (Å²) < 4.78 is 1.73. The SMILES string of the molecule is C=Cc1cncc(Cc2cc(=O)n3c(C4CC4CO)c(C)sc3n2)c1C.CC. The van der Waals surface area contributed by atoms with E-state index in [9.17, 15) is 9.90 Å². The number of pyridine rings is 1. The first-order valence-electron chi connectivity index (χ1n) is 9.72. The molecule has 0 spiro atoms. The second-order valence-corrected chi connectivity index (χ2v) is 8.11. The molecule has 2 atom stereocenters. The molecule has 1 fully saturated rings. The van der Waals surface area contributed by atoms with Crippen molar-refractivity contribution in [1.82, 2.24) is 14.4 Å². The van der Waals surface area contributed by atoms with Crippen LogP contribution in [0, 0.1) is 19.8 Å². The average Bonchev–Trinajstić information content (AvgIpc) is 3.39. The van der Waals surface area contributed by atoms with E-state index in [1.165, 1.54) is 0 Å². The van der Waals surface area contributed by atoms with Gasteiger partial charge in [-0.15, -0.1) is 11.3 Å². The molecule has 1 aliphatic rings. The van der Waals surface area contributed by atoms with Crippen LogP contribution >= 0.6 is 11.3 Å². The number of aromatic nitrogens is 3. The fraction of sp³-hybridized carbons (Fsp3) is 0.409. The van der Waals surface area contributed by atoms with Gasteiger partial charge in [-0.1, -0.05) is 26.5 Å². The molecule has 0 saturated heterocycles. The molecular formula is C22H27N3O2S. The molecule has 0 radical (unpaired) electrons. The third-order valence-electron chi connectivity index (χ3n) is 5.25. The van der Waals surface area contributed by atoms with Crippen LogP contribution in [0.5, 0.6) is 0 Å². The minimum Gasteiger partial charge on any atom is -0.396 e. The molecule has 0 bridgehead atoms. The van der Waals surface area contributed by atoms with E-state index in [2.05, 4.69) is 11.6 Å². The normalized spacial score (nSPS) is 17.9. The number of aryl methyl sites for hydroxylation is 1. The van der Waals surface area contributed by atoms with Crippen molar-refractivity contribution in [2.45, 2.75) is 46.5 Å². The molecule has 3 aromatic heterocycles. The third kappa shape index (κ3) is 3.66. The van der Waals surface area contributed by atoms with Gasteiger partial charge in [-0.05, 0) is 42.9 Å². The highest BCUT2D eigenvalue weighted by atomic mass is 32.1. The molecule has 28 heavy (non-hydrogen) atoms. The summed E-state index contributed by atoms with van der Waals surface area (Å²) in [4.78, 5) is 23.6. The lowest BCUT2D eigenvalue weighted by atomic mass is 10.0. The lowest BCUT2D eigenvalue weighted by Gasteiger charge is -2.08. The van der Waals surface area contributed by atoms with E-state index in [1.54, 1.807) is 34.1 Å². The molecule has 6 heteroatoms. The highest BCUT2D eigenvalue weighted by Gasteiger charge is 2.41. The minimum atomic E-state index is -0.0431. The fourth-order valence-corrected chi connectivity index (χ4v) is 4.67. The summed E-state index contributed by atoms with van der Waals surface area (Å²) in [6, 6.07) is 1.62. The van der Waals surface area contributed by atoms with Gasteiger partial charge in [0.05, 0.1) is 5.69 Å². The Kier molecular flexibility index (Phi) is 6.10. The van der Waals surface area contributed by atoms with E-state index < -0.39 is 0 Å². The van der Waals surface area contributed by atoms with Crippen LogP contribution in [-0.2, 0) is 6.42 Å². The zero-order valence-electron chi connectivity index (χ0n) is 16.9. The van der Waals surface area contributed by atoms with Crippen molar-refractivity contribution in [2.75, 3.05) is 6.61 Å². The molecule has 3 heterocycles. The summed E-state index contributed by atoms with van der Waals surface area (Å²) in [5.74, 6) is 0.545. The maximum Gasteiger partial charge on any atom is 0.258 e. The Morgan fingerprint density at radius 3 is 2.75 bits per heavy atom. The smallest absolute Gasteiger partial charge is 0.258 e. The second-order valence-electron chi connectivity index (χ2n) is 6.93. The molecule has 4 rings (SSSR count). The topological polar surface area (TPSA) is 67.5 Å². The van der Waals surface area contributed by atoms with E-state index >= 15 is 0 Å². The second kappa shape index (κ2) is 8.37. The number of thiazole rings is 1. The van der Waals surface area contributed by atoms with E-state index in [-0.39, 0.29) is 24.0 Å². The lowest BCUT2D eigenvalue weighted by Crippen LogP contribution is -2.17. The Hall–Kier alpha value is -2.31. The Balaban J connectivity index is 0.00000109. The molecule has 1 N–H and O–H groups in total. The van der Waals surface area contributed by atoms with Crippen molar-refractivity contribution in [2.24, 2.45) is 5.92 Å². The molecule has 0 aromatic carbocycles. The Labute approximate surface area is 169 Å². The summed E-state index contributed by atoms with van der Waals surface area (Å²) in [5.41, 5.74) is 4.90. The predicted molar refractivity (Wildman–Crippen MR) is 115 cm³/mol. The third-order valence-corrected chi connectivity index (χ3v) is 6.22. The molecule has 3 aromatic rings. The molecule has 148 valence electrons. The Morgan fingerprint density at radius 2 is 2.11 bits per heavy atom. The maximum absolute atomic E-state index is 12.8. The summed E-state index contributed by atoms with van der Waals surface area (Å²) in [6.45, 7) is 12.1. The molecular weight excluding hydrogens is 370 g/mol. The number of hydrogen-bond donors (Lipinski definition) is 1. The van der Waals surface area contributed by atoms with Gasteiger partial charge in [0.2, 0.25) is 0 Å². The van der Waals surface area contributed by atoms with Crippen molar-refractivity contribution in [3.05, 3.63) is 68.3 Å². The molecule has 2 unspecified atom stereocenters. The highest BCUT2D eigenvalue weighted by Crippen LogP contribution is 2.49. The van der Waals surface area contributed by atoms with Crippen molar-refractivity contribution >= 4 is 22.4 Å². The fourth-order valence-electron chi connectivity index (χ4n) is 3.61. The van der Waals surface area contributed by atoms with Gasteiger partial charge in [-0.2, -0.15) is 0 Å². The first-order chi connectivity index (χ1) is 13.5. The average molecular weight is 398 g/mol. The Bertz CT molecular complexity index is 1070. The summed E-state index contributed by atoms with van der Waals surface area (Å²) >= 11 is 1.55. The van der Waals surface area contributed by atoms with E-state index in [0.717, 1.165) is 44.3 Å². The van der Waals surface area contributed by atoms with Crippen LogP contribution in [0.4, 0.5) is 0 Å². The van der Waals surface area contributed by atoms with Gasteiger partial charge in [0.1, 0.15) is 0 Å². The molecule has 0 amide bonds. The van der Waals surface area contributed by atoms with E-state index in [4.69, 9.17) is 4.98 Å². The number of aliphatic hydroxyl groups is 1. The van der Waals surface area contributed by atoms with Gasteiger partial charge in [0.25, 0.3) is 5.56 Å². The monoisotopic (exact) mass is 397 g/mol. The highest BCUT2D eigenvalue weighted by molar-refractivity contribution is 7.17. The first kappa shape index (κ1) is 20.4. The van der Waals surface area contributed by atoms with Crippen molar-refractivity contribution in [3.63, 3.8) is 0 Å². The van der Waals surface area contributed by atoms with Gasteiger partial charge < -0.3 is 5.11 Å². The standard InChI is InChI=1S/C20H21N3O2S.C2H6/c1-4-13-8-21-9-14(11(13)2)5-16-7-18(25)23-19(17-6-15(17)10-24)12(3)26-20(23)22-16;1-2/h4,7-9,15,17,24H,1,5-6,10H2,2-3H3;1-2H3. The van der Waals surface area contributed by atoms with Crippen molar-refractivity contribution in [1.29, 1.82) is 0 Å². The predicted octanol–water partition coefficient (Wildman–Crippen LogP) is 4.12. The molecule has 1 saturated carbocycles. The van der Waals surface area contributed by atoms with Crippen LogP contribution < -0.4 is 5.56 Å². The zero-order valence-corrected chi connectivity index (χ0v) is 17.7. The van der Waals surface area contributed by atoms with Gasteiger partial charge in [0.15, 0.2) is 4.96 Å². The van der Waals surface area contributed by atoms with Crippen LogP contribution in [0.25, 0.3) is 11.0 Å². The number of hydrogen-bond acceptors (Lipinski definition) is 5. The van der Waals surface area contributed by atoms with Crippen LogP contribution in [-0.4, -0.2) is 26.1 Å². The Morgan fingerprint density at radius 1 is 1.36 bits per heavy atom. The van der Waals surface area contributed by atoms with Crippen LogP contribution in [0.2, 0.25) is 0 Å². The minimum absolute atomic E-state index is 0.0431. The van der Waals surface area contributed by atoms with Crippen LogP contribution in [0.1, 0.15) is 59.1 Å². The summed E-state index contributed by atoms with van der Waals surface area (Å²) in [6.07, 6.45) is 6.92. The van der Waals surface area contributed by atoms with Crippen LogP contribution in [0.15, 0.2) is 29.8 Å². The van der Waals surface area contributed by atoms with Gasteiger partial charge >= 0.3 is 0 Å². The van der Waals surface area contributed by atoms with Gasteiger partial charge in [-0.3, -0.25) is 14.2 Å². The maximum atomic E-state index is 12.8. The number of nitrogens with zero attached hydrogens (tertiary/aromatic N) is 3.